The lowest BCUT2D eigenvalue weighted by Crippen LogP contribution is -2.11. The number of rotatable bonds is 9. The number of hydrogen-bond donors (Lipinski definition) is 2. The van der Waals surface area contributed by atoms with Gasteiger partial charge >= 0.3 is 11.9 Å². The molecule has 0 aromatic heterocycles. The maximum atomic E-state index is 12.1. The molecule has 0 saturated heterocycles. The molecule has 0 spiro atoms. The molecule has 10 heteroatoms. The first-order valence-corrected chi connectivity index (χ1v) is 11.4. The van der Waals surface area contributed by atoms with E-state index in [1.54, 1.807) is 24.3 Å². The highest BCUT2D eigenvalue weighted by molar-refractivity contribution is 7.91. The van der Waals surface area contributed by atoms with Crippen LogP contribution in [0.25, 0.3) is 11.1 Å². The predicted octanol–water partition coefficient (Wildman–Crippen LogP) is 1.85. The Morgan fingerprint density at radius 3 is 1.14 bits per heavy atom. The molecule has 0 atom stereocenters. The van der Waals surface area contributed by atoms with Gasteiger partial charge in [0.15, 0.2) is 19.7 Å². The summed E-state index contributed by atoms with van der Waals surface area (Å²) in [6.07, 6.45) is -0.968. The Labute approximate surface area is 162 Å². The molecule has 2 aromatic rings. The molecule has 2 rings (SSSR count). The molecule has 0 unspecified atom stereocenters. The van der Waals surface area contributed by atoms with Gasteiger partial charge in [0.25, 0.3) is 0 Å². The highest BCUT2D eigenvalue weighted by Gasteiger charge is 2.18. The smallest absolute Gasteiger partial charge is 0.304 e. The van der Waals surface area contributed by atoms with Crippen LogP contribution in [0.2, 0.25) is 0 Å². The Morgan fingerprint density at radius 1 is 0.607 bits per heavy atom. The fourth-order valence-electron chi connectivity index (χ4n) is 2.39. The minimum atomic E-state index is -3.70. The monoisotopic (exact) mass is 426 g/mol. The van der Waals surface area contributed by atoms with Gasteiger partial charge in [-0.25, -0.2) is 16.8 Å². The average molecular weight is 426 g/mol. The summed E-state index contributed by atoms with van der Waals surface area (Å²) in [4.78, 5) is 21.1. The van der Waals surface area contributed by atoms with Crippen molar-refractivity contribution in [3.8, 4) is 11.1 Å². The minimum absolute atomic E-state index is 0.00497. The van der Waals surface area contributed by atoms with Crippen LogP contribution in [0.5, 0.6) is 0 Å². The molecule has 0 fully saturated rings. The van der Waals surface area contributed by atoms with E-state index < -0.39 is 56.0 Å². The minimum Gasteiger partial charge on any atom is -0.481 e. The Bertz CT molecular complexity index is 978. The molecule has 0 bridgehead atoms. The highest BCUT2D eigenvalue weighted by Crippen LogP contribution is 2.24. The molecule has 28 heavy (non-hydrogen) atoms. The SMILES string of the molecule is O=C(O)CCS(=O)(=O)c1ccc(-c2ccc(S(=O)(=O)CCC(=O)O)cc2)cc1. The Kier molecular flexibility index (Phi) is 6.57. The van der Waals surface area contributed by atoms with E-state index in [0.29, 0.717) is 11.1 Å². The molecule has 0 radical (unpaired) electrons. The van der Waals surface area contributed by atoms with E-state index in [-0.39, 0.29) is 9.79 Å². The maximum absolute atomic E-state index is 12.1. The van der Waals surface area contributed by atoms with Crippen molar-refractivity contribution in [3.05, 3.63) is 48.5 Å². The van der Waals surface area contributed by atoms with Crippen LogP contribution in [0.3, 0.4) is 0 Å². The first-order chi connectivity index (χ1) is 13.0. The van der Waals surface area contributed by atoms with E-state index in [0.717, 1.165) is 0 Å². The molecular formula is C18H18O8S2. The van der Waals surface area contributed by atoms with E-state index in [4.69, 9.17) is 10.2 Å². The van der Waals surface area contributed by atoms with Crippen LogP contribution in [-0.4, -0.2) is 50.5 Å². The van der Waals surface area contributed by atoms with Crippen LogP contribution in [0.15, 0.2) is 58.3 Å². The van der Waals surface area contributed by atoms with Crippen LogP contribution < -0.4 is 0 Å². The summed E-state index contributed by atoms with van der Waals surface area (Å²) in [6, 6.07) is 11.6. The summed E-state index contributed by atoms with van der Waals surface area (Å²) in [5.74, 6) is -3.38. The zero-order valence-electron chi connectivity index (χ0n) is 14.6. The van der Waals surface area contributed by atoms with Crippen LogP contribution in [0, 0.1) is 0 Å². The van der Waals surface area contributed by atoms with Crippen LogP contribution in [0.1, 0.15) is 12.8 Å². The third kappa shape index (κ3) is 5.64. The molecule has 2 N–H and O–H groups in total. The van der Waals surface area contributed by atoms with E-state index in [1.165, 1.54) is 24.3 Å². The second kappa shape index (κ2) is 8.53. The van der Waals surface area contributed by atoms with Crippen molar-refractivity contribution >= 4 is 31.6 Å². The van der Waals surface area contributed by atoms with Gasteiger partial charge in [-0.1, -0.05) is 24.3 Å². The van der Waals surface area contributed by atoms with Crippen molar-refractivity contribution in [1.29, 1.82) is 0 Å². The number of carboxylic acid groups (broad SMARTS) is 2. The van der Waals surface area contributed by atoms with E-state index >= 15 is 0 Å². The van der Waals surface area contributed by atoms with Crippen LogP contribution in [-0.2, 0) is 29.3 Å². The quantitative estimate of drug-likeness (QED) is 0.618. The summed E-state index contributed by atoms with van der Waals surface area (Å²) >= 11 is 0. The van der Waals surface area contributed by atoms with Crippen molar-refractivity contribution in [2.24, 2.45) is 0 Å². The number of aliphatic carboxylic acids is 2. The molecule has 8 nitrogen and oxygen atoms in total. The first-order valence-electron chi connectivity index (χ1n) is 8.11. The summed E-state index contributed by atoms with van der Waals surface area (Å²) in [5.41, 5.74) is 1.29. The molecule has 150 valence electrons. The second-order valence-electron chi connectivity index (χ2n) is 5.97. The largest absolute Gasteiger partial charge is 0.481 e. The second-order valence-corrected chi connectivity index (χ2v) is 10.2. The van der Waals surface area contributed by atoms with E-state index in [9.17, 15) is 26.4 Å². The van der Waals surface area contributed by atoms with Crippen molar-refractivity contribution in [3.63, 3.8) is 0 Å². The summed E-state index contributed by atoms with van der Waals surface area (Å²) in [5, 5.41) is 17.2. The summed E-state index contributed by atoms with van der Waals surface area (Å²) < 4.78 is 48.3. The van der Waals surface area contributed by atoms with Crippen LogP contribution in [0.4, 0.5) is 0 Å². The van der Waals surface area contributed by atoms with Gasteiger partial charge in [0.2, 0.25) is 0 Å². The fourth-order valence-corrected chi connectivity index (χ4v) is 4.85. The highest BCUT2D eigenvalue weighted by atomic mass is 32.2. The van der Waals surface area contributed by atoms with Gasteiger partial charge in [-0.15, -0.1) is 0 Å². The fraction of sp³-hybridized carbons (Fsp3) is 0.222. The molecule has 0 aliphatic carbocycles. The zero-order chi connectivity index (χ0) is 20.9. The maximum Gasteiger partial charge on any atom is 0.304 e. The average Bonchev–Trinajstić information content (AvgIpc) is 2.65. The van der Waals surface area contributed by atoms with E-state index in [1.807, 2.05) is 0 Å². The first kappa shape index (κ1) is 21.6. The third-order valence-electron chi connectivity index (χ3n) is 3.93. The van der Waals surface area contributed by atoms with Gasteiger partial charge in [0, 0.05) is 0 Å². The molecule has 0 saturated carbocycles. The molecule has 0 amide bonds. The number of hydrogen-bond acceptors (Lipinski definition) is 6. The lowest BCUT2D eigenvalue weighted by molar-refractivity contribution is -0.137. The Morgan fingerprint density at radius 2 is 0.893 bits per heavy atom. The lowest BCUT2D eigenvalue weighted by atomic mass is 10.1. The Hall–Kier alpha value is -2.72. The number of benzene rings is 2. The normalized spacial score (nSPS) is 11.9. The summed E-state index contributed by atoms with van der Waals surface area (Å²) in [7, 11) is -7.40. The van der Waals surface area contributed by atoms with E-state index in [2.05, 4.69) is 0 Å². The number of sulfone groups is 2. The van der Waals surface area contributed by atoms with Crippen LogP contribution >= 0.6 is 0 Å². The molecule has 0 aliphatic heterocycles. The Balaban J connectivity index is 2.18. The summed E-state index contributed by atoms with van der Waals surface area (Å²) in [6.45, 7) is 0. The van der Waals surface area contributed by atoms with Crippen molar-refractivity contribution in [1.82, 2.24) is 0 Å². The topological polar surface area (TPSA) is 143 Å². The zero-order valence-corrected chi connectivity index (χ0v) is 16.2. The standard InChI is InChI=1S/C18H18O8S2/c19-17(20)9-11-27(23,24)15-5-1-13(2-6-15)14-3-7-16(8-4-14)28(25,26)12-10-18(21)22/h1-8H,9-12H2,(H,19,20)(H,21,22). The van der Waals surface area contributed by atoms with Gasteiger partial charge < -0.3 is 10.2 Å². The lowest BCUT2D eigenvalue weighted by Gasteiger charge is -2.07. The van der Waals surface area contributed by atoms with Crippen molar-refractivity contribution in [2.45, 2.75) is 22.6 Å². The predicted molar refractivity (Wildman–Crippen MR) is 100 cm³/mol. The molecule has 0 aliphatic rings. The van der Waals surface area contributed by atoms with Gasteiger partial charge in [0.1, 0.15) is 0 Å². The number of carbonyl (C=O) groups is 2. The molecule has 2 aromatic carbocycles. The van der Waals surface area contributed by atoms with Gasteiger partial charge in [-0.05, 0) is 35.4 Å². The van der Waals surface area contributed by atoms with Gasteiger partial charge in [-0.3, -0.25) is 9.59 Å². The number of carboxylic acids is 2. The molecule has 0 heterocycles. The van der Waals surface area contributed by atoms with Crippen molar-refractivity contribution < 1.29 is 36.6 Å². The third-order valence-corrected chi connectivity index (χ3v) is 7.39. The van der Waals surface area contributed by atoms with Gasteiger partial charge in [-0.2, -0.15) is 0 Å². The van der Waals surface area contributed by atoms with Crippen molar-refractivity contribution in [2.75, 3.05) is 11.5 Å². The van der Waals surface area contributed by atoms with Gasteiger partial charge in [0.05, 0.1) is 34.1 Å². The molecular weight excluding hydrogens is 408 g/mol.